The van der Waals surface area contributed by atoms with Crippen LogP contribution in [0.3, 0.4) is 0 Å². The van der Waals surface area contributed by atoms with Gasteiger partial charge >= 0.3 is 0 Å². The second kappa shape index (κ2) is 8.80. The van der Waals surface area contributed by atoms with E-state index in [0.717, 1.165) is 31.4 Å². The van der Waals surface area contributed by atoms with Gasteiger partial charge in [0, 0.05) is 32.2 Å². The predicted molar refractivity (Wildman–Crippen MR) is 125 cm³/mol. The highest BCUT2D eigenvalue weighted by Crippen LogP contribution is 2.30. The molecule has 1 saturated heterocycles. The fourth-order valence-corrected chi connectivity index (χ4v) is 5.08. The van der Waals surface area contributed by atoms with Crippen LogP contribution in [0.1, 0.15) is 26.7 Å². The average Bonchev–Trinajstić information content (AvgIpc) is 2.78. The van der Waals surface area contributed by atoms with Crippen molar-refractivity contribution >= 4 is 32.7 Å². The maximum Gasteiger partial charge on any atom is 0.263 e. The van der Waals surface area contributed by atoms with E-state index < -0.39 is 10.0 Å². The van der Waals surface area contributed by atoms with Crippen molar-refractivity contribution in [2.75, 3.05) is 29.8 Å². The maximum absolute atomic E-state index is 13.0. The third kappa shape index (κ3) is 4.65. The Labute approximate surface area is 184 Å². The zero-order chi connectivity index (χ0) is 22.0. The summed E-state index contributed by atoms with van der Waals surface area (Å²) in [6.45, 7) is 6.46. The summed E-state index contributed by atoms with van der Waals surface area (Å²) < 4.78 is 28.7. The first kappa shape index (κ1) is 21.5. The number of sulfonamides is 1. The topological polar surface area (TPSA) is 78.4 Å². The van der Waals surface area contributed by atoms with Crippen LogP contribution >= 0.6 is 0 Å². The normalized spacial score (nSPS) is 16.0. The number of piperidine rings is 1. The number of nitrogens with one attached hydrogen (secondary N) is 1. The van der Waals surface area contributed by atoms with Gasteiger partial charge in [0.1, 0.15) is 0 Å². The summed E-state index contributed by atoms with van der Waals surface area (Å²) in [7, 11) is -1.80. The van der Waals surface area contributed by atoms with Crippen LogP contribution in [-0.2, 0) is 10.0 Å². The number of fused-ring (bicyclic) bond motifs is 1. The molecule has 0 bridgehead atoms. The number of hydrogen-bond donors (Lipinski definition) is 1. The molecular weight excluding hydrogens is 410 g/mol. The Hall–Kier alpha value is -2.71. The molecule has 1 aliphatic rings. The van der Waals surface area contributed by atoms with E-state index in [9.17, 15) is 8.42 Å². The van der Waals surface area contributed by atoms with Gasteiger partial charge in [-0.1, -0.05) is 30.3 Å². The molecule has 2 heterocycles. The summed E-state index contributed by atoms with van der Waals surface area (Å²) in [5, 5.41) is 0. The summed E-state index contributed by atoms with van der Waals surface area (Å²) in [5.74, 6) is 0.817. The van der Waals surface area contributed by atoms with E-state index in [1.807, 2.05) is 31.3 Å². The van der Waals surface area contributed by atoms with Gasteiger partial charge in [0.05, 0.1) is 15.9 Å². The third-order valence-corrected chi connectivity index (χ3v) is 7.30. The number of anilines is 2. The third-order valence-electron chi connectivity index (χ3n) is 5.95. The lowest BCUT2D eigenvalue weighted by Crippen LogP contribution is -2.46. The van der Waals surface area contributed by atoms with Crippen molar-refractivity contribution in [2.45, 2.75) is 43.7 Å². The molecule has 0 saturated carbocycles. The van der Waals surface area contributed by atoms with Crippen molar-refractivity contribution in [2.24, 2.45) is 0 Å². The van der Waals surface area contributed by atoms with Crippen LogP contribution in [0, 0.1) is 0 Å². The number of para-hydroxylation sites is 2. The second-order valence-electron chi connectivity index (χ2n) is 8.27. The van der Waals surface area contributed by atoms with E-state index in [-0.39, 0.29) is 16.8 Å². The summed E-state index contributed by atoms with van der Waals surface area (Å²) in [4.78, 5) is 14.2. The van der Waals surface area contributed by atoms with Gasteiger partial charge < -0.3 is 9.80 Å². The molecule has 0 radical (unpaired) electrons. The van der Waals surface area contributed by atoms with E-state index in [2.05, 4.69) is 33.4 Å². The minimum absolute atomic E-state index is 0.198. The minimum atomic E-state index is -3.78. The van der Waals surface area contributed by atoms with Crippen LogP contribution in [0.2, 0.25) is 0 Å². The zero-order valence-electron chi connectivity index (χ0n) is 18.2. The molecule has 2 aromatic carbocycles. The Morgan fingerprint density at radius 3 is 2.16 bits per heavy atom. The van der Waals surface area contributed by atoms with Crippen LogP contribution in [0.5, 0.6) is 0 Å². The van der Waals surface area contributed by atoms with Crippen molar-refractivity contribution < 1.29 is 8.42 Å². The minimum Gasteiger partial charge on any atom is -0.353 e. The molecule has 8 heteroatoms. The van der Waals surface area contributed by atoms with Crippen molar-refractivity contribution in [1.82, 2.24) is 14.9 Å². The van der Waals surface area contributed by atoms with E-state index in [1.165, 1.54) is 0 Å². The second-order valence-corrected chi connectivity index (χ2v) is 9.96. The molecule has 4 rings (SSSR count). The molecule has 0 aliphatic carbocycles. The largest absolute Gasteiger partial charge is 0.353 e. The van der Waals surface area contributed by atoms with E-state index in [1.54, 1.807) is 30.3 Å². The highest BCUT2D eigenvalue weighted by atomic mass is 32.2. The summed E-state index contributed by atoms with van der Waals surface area (Å²) in [6.07, 6.45) is 1.99. The van der Waals surface area contributed by atoms with Crippen LogP contribution in [0.25, 0.3) is 11.0 Å². The van der Waals surface area contributed by atoms with Crippen molar-refractivity contribution in [3.63, 3.8) is 0 Å². The van der Waals surface area contributed by atoms with Gasteiger partial charge in [0.2, 0.25) is 0 Å². The fraction of sp³-hybridized carbons (Fsp3) is 0.391. The Balaban J connectivity index is 1.69. The number of nitrogens with zero attached hydrogens (tertiary/aromatic N) is 4. The lowest BCUT2D eigenvalue weighted by molar-refractivity contribution is 0.171. The molecule has 1 aliphatic heterocycles. The average molecular weight is 440 g/mol. The molecule has 3 aromatic rings. The molecule has 0 amide bonds. The highest BCUT2D eigenvalue weighted by molar-refractivity contribution is 7.92. The molecule has 164 valence electrons. The van der Waals surface area contributed by atoms with Gasteiger partial charge in [-0.3, -0.25) is 4.72 Å². The smallest absolute Gasteiger partial charge is 0.263 e. The lowest BCUT2D eigenvalue weighted by Gasteiger charge is -2.39. The Bertz CT molecular complexity index is 1140. The molecule has 7 nitrogen and oxygen atoms in total. The Morgan fingerprint density at radius 2 is 1.55 bits per heavy atom. The standard InChI is InChI=1S/C23H29N5O2S/c1-17(2)28-15-13-18(14-16-28)27(3)23-22(24-20-11-7-8-12-21(20)25-23)26-31(29,30)19-9-5-4-6-10-19/h4-12,17-18H,13-16H2,1-3H3,(H,24,26). The number of benzene rings is 2. The quantitative estimate of drug-likeness (QED) is 0.630. The van der Waals surface area contributed by atoms with Gasteiger partial charge in [-0.05, 0) is 51.0 Å². The van der Waals surface area contributed by atoms with Crippen LogP contribution in [0.15, 0.2) is 59.5 Å². The van der Waals surface area contributed by atoms with Gasteiger partial charge in [-0.15, -0.1) is 0 Å². The molecule has 1 N–H and O–H groups in total. The van der Waals surface area contributed by atoms with E-state index in [0.29, 0.717) is 17.4 Å². The van der Waals surface area contributed by atoms with Crippen molar-refractivity contribution in [1.29, 1.82) is 0 Å². The highest BCUT2D eigenvalue weighted by Gasteiger charge is 2.28. The van der Waals surface area contributed by atoms with Crippen LogP contribution < -0.4 is 9.62 Å². The van der Waals surface area contributed by atoms with Crippen LogP contribution in [0.4, 0.5) is 11.6 Å². The molecule has 0 spiro atoms. The van der Waals surface area contributed by atoms with Crippen molar-refractivity contribution in [3.05, 3.63) is 54.6 Å². The first-order valence-electron chi connectivity index (χ1n) is 10.7. The summed E-state index contributed by atoms with van der Waals surface area (Å²) >= 11 is 0. The first-order valence-corrected chi connectivity index (χ1v) is 12.1. The fourth-order valence-electron chi connectivity index (χ4n) is 4.05. The Kier molecular flexibility index (Phi) is 6.11. The molecule has 31 heavy (non-hydrogen) atoms. The molecular formula is C23H29N5O2S. The SMILES string of the molecule is CC(C)N1CCC(N(C)c2nc3ccccc3nc2NS(=O)(=O)c2ccccc2)CC1. The zero-order valence-corrected chi connectivity index (χ0v) is 19.0. The molecule has 1 fully saturated rings. The molecule has 1 aromatic heterocycles. The monoisotopic (exact) mass is 439 g/mol. The molecule has 0 unspecified atom stereocenters. The molecule has 0 atom stereocenters. The predicted octanol–water partition coefficient (Wildman–Crippen LogP) is 3.74. The number of likely N-dealkylation sites (tertiary alicyclic amines) is 1. The summed E-state index contributed by atoms with van der Waals surface area (Å²) in [6, 6.07) is 16.7. The number of aromatic nitrogens is 2. The number of rotatable bonds is 6. The Morgan fingerprint density at radius 1 is 0.968 bits per heavy atom. The van der Waals surface area contributed by atoms with Gasteiger partial charge in [0.25, 0.3) is 10.0 Å². The lowest BCUT2D eigenvalue weighted by atomic mass is 10.0. The van der Waals surface area contributed by atoms with Gasteiger partial charge in [-0.25, -0.2) is 18.4 Å². The number of hydrogen-bond acceptors (Lipinski definition) is 6. The van der Waals surface area contributed by atoms with Crippen molar-refractivity contribution in [3.8, 4) is 0 Å². The van der Waals surface area contributed by atoms with Gasteiger partial charge in [-0.2, -0.15) is 0 Å². The van der Waals surface area contributed by atoms with E-state index in [4.69, 9.17) is 4.98 Å². The first-order chi connectivity index (χ1) is 14.8. The maximum atomic E-state index is 13.0. The van der Waals surface area contributed by atoms with Gasteiger partial charge in [0.15, 0.2) is 11.6 Å². The summed E-state index contributed by atoms with van der Waals surface area (Å²) in [5.41, 5.74) is 1.40. The van der Waals surface area contributed by atoms with E-state index >= 15 is 0 Å². The van der Waals surface area contributed by atoms with Crippen LogP contribution in [-0.4, -0.2) is 55.5 Å².